The Morgan fingerprint density at radius 3 is 2.40 bits per heavy atom. The fourth-order valence-electron chi connectivity index (χ4n) is 2.43. The third-order valence-electron chi connectivity index (χ3n) is 4.40. The summed E-state index contributed by atoms with van der Waals surface area (Å²) in [6.45, 7) is 2.63. The first-order chi connectivity index (χ1) is 11.7. The van der Waals surface area contributed by atoms with Crippen molar-refractivity contribution in [3.63, 3.8) is 0 Å². The SMILES string of the molecule is CN(C(=O)CNC(=O)Cc1cccc2ccccc12)C(C)(C)C(=O)O. The Morgan fingerprint density at radius 2 is 1.72 bits per heavy atom. The summed E-state index contributed by atoms with van der Waals surface area (Å²) in [6, 6.07) is 13.5. The van der Waals surface area contributed by atoms with Gasteiger partial charge in [0.25, 0.3) is 0 Å². The topological polar surface area (TPSA) is 86.7 Å². The van der Waals surface area contributed by atoms with Crippen LogP contribution in [-0.4, -0.2) is 46.9 Å². The van der Waals surface area contributed by atoms with Crippen LogP contribution in [0.25, 0.3) is 10.8 Å². The first-order valence-electron chi connectivity index (χ1n) is 7.97. The van der Waals surface area contributed by atoms with Gasteiger partial charge in [-0.3, -0.25) is 9.59 Å². The van der Waals surface area contributed by atoms with Crippen LogP contribution >= 0.6 is 0 Å². The van der Waals surface area contributed by atoms with E-state index in [0.717, 1.165) is 21.2 Å². The molecule has 6 nitrogen and oxygen atoms in total. The van der Waals surface area contributed by atoms with Crippen molar-refractivity contribution in [2.24, 2.45) is 0 Å². The molecule has 0 aromatic heterocycles. The molecule has 0 aliphatic rings. The van der Waals surface area contributed by atoms with Gasteiger partial charge in [0.05, 0.1) is 13.0 Å². The molecule has 0 saturated carbocycles. The molecule has 132 valence electrons. The molecule has 0 unspecified atom stereocenters. The van der Waals surface area contributed by atoms with E-state index in [1.165, 1.54) is 20.9 Å². The number of aliphatic carboxylic acids is 1. The monoisotopic (exact) mass is 342 g/mol. The molecule has 0 atom stereocenters. The van der Waals surface area contributed by atoms with Gasteiger partial charge in [0, 0.05) is 7.05 Å². The number of nitrogens with zero attached hydrogens (tertiary/aromatic N) is 1. The van der Waals surface area contributed by atoms with Crippen LogP contribution in [-0.2, 0) is 20.8 Å². The fraction of sp³-hybridized carbons (Fsp3) is 0.316. The number of hydrogen-bond donors (Lipinski definition) is 2. The summed E-state index contributed by atoms with van der Waals surface area (Å²) in [5.74, 6) is -1.85. The smallest absolute Gasteiger partial charge is 0.329 e. The maximum absolute atomic E-state index is 12.2. The zero-order valence-corrected chi connectivity index (χ0v) is 14.6. The van der Waals surface area contributed by atoms with E-state index in [4.69, 9.17) is 5.11 Å². The van der Waals surface area contributed by atoms with Crippen LogP contribution < -0.4 is 5.32 Å². The minimum atomic E-state index is -1.34. The highest BCUT2D eigenvalue weighted by Gasteiger charge is 2.34. The summed E-state index contributed by atoms with van der Waals surface area (Å²) in [6.07, 6.45) is 0.153. The number of carbonyl (C=O) groups is 3. The highest BCUT2D eigenvalue weighted by molar-refractivity contribution is 5.92. The van der Waals surface area contributed by atoms with Gasteiger partial charge in [0.15, 0.2) is 0 Å². The lowest BCUT2D eigenvalue weighted by Gasteiger charge is -2.31. The van der Waals surface area contributed by atoms with Crippen molar-refractivity contribution in [3.8, 4) is 0 Å². The Morgan fingerprint density at radius 1 is 1.08 bits per heavy atom. The highest BCUT2D eigenvalue weighted by atomic mass is 16.4. The van der Waals surface area contributed by atoms with Gasteiger partial charge in [0.1, 0.15) is 5.54 Å². The van der Waals surface area contributed by atoms with Gasteiger partial charge < -0.3 is 15.3 Å². The Kier molecular flexibility index (Phi) is 5.41. The van der Waals surface area contributed by atoms with Gasteiger partial charge in [-0.1, -0.05) is 42.5 Å². The van der Waals surface area contributed by atoms with Crippen LogP contribution in [0, 0.1) is 0 Å². The summed E-state index contributed by atoms with van der Waals surface area (Å²) >= 11 is 0. The van der Waals surface area contributed by atoms with Crippen LogP contribution in [0.3, 0.4) is 0 Å². The fourth-order valence-corrected chi connectivity index (χ4v) is 2.43. The predicted molar refractivity (Wildman–Crippen MR) is 95.1 cm³/mol. The summed E-state index contributed by atoms with van der Waals surface area (Å²) in [5, 5.41) is 13.8. The molecule has 6 heteroatoms. The van der Waals surface area contributed by atoms with E-state index in [0.29, 0.717) is 0 Å². The number of benzene rings is 2. The Hall–Kier alpha value is -2.89. The lowest BCUT2D eigenvalue weighted by atomic mass is 10.0. The second kappa shape index (κ2) is 7.34. The normalized spacial score (nSPS) is 11.2. The third kappa shape index (κ3) is 4.15. The molecular weight excluding hydrogens is 320 g/mol. The maximum atomic E-state index is 12.2. The van der Waals surface area contributed by atoms with Crippen molar-refractivity contribution in [1.29, 1.82) is 0 Å². The molecule has 0 aliphatic carbocycles. The second-order valence-corrected chi connectivity index (χ2v) is 6.41. The standard InChI is InChI=1S/C19H22N2O4/c1-19(2,18(24)25)21(3)17(23)12-20-16(22)11-14-9-6-8-13-7-4-5-10-15(13)14/h4-10H,11-12H2,1-3H3,(H,20,22)(H,24,25). The second-order valence-electron chi connectivity index (χ2n) is 6.41. The zero-order valence-electron chi connectivity index (χ0n) is 14.6. The lowest BCUT2D eigenvalue weighted by Crippen LogP contribution is -2.53. The van der Waals surface area contributed by atoms with Gasteiger partial charge >= 0.3 is 5.97 Å². The molecule has 0 heterocycles. The summed E-state index contributed by atoms with van der Waals surface area (Å²) in [5.41, 5.74) is -0.459. The Labute approximate surface area is 146 Å². The van der Waals surface area contributed by atoms with Crippen LogP contribution in [0.15, 0.2) is 42.5 Å². The minimum absolute atomic E-state index is 0.153. The molecule has 2 aromatic carbocycles. The number of fused-ring (bicyclic) bond motifs is 1. The summed E-state index contributed by atoms with van der Waals surface area (Å²) in [7, 11) is 1.41. The van der Waals surface area contributed by atoms with Gasteiger partial charge in [-0.25, -0.2) is 4.79 Å². The molecule has 2 aromatic rings. The molecule has 0 radical (unpaired) electrons. The number of hydrogen-bond acceptors (Lipinski definition) is 3. The van der Waals surface area contributed by atoms with E-state index in [1.807, 2.05) is 42.5 Å². The molecule has 0 saturated heterocycles. The third-order valence-corrected chi connectivity index (χ3v) is 4.40. The summed E-state index contributed by atoms with van der Waals surface area (Å²) < 4.78 is 0. The average molecular weight is 342 g/mol. The van der Waals surface area contributed by atoms with E-state index in [-0.39, 0.29) is 18.9 Å². The predicted octanol–water partition coefficient (Wildman–Crippen LogP) is 1.82. The number of carboxylic acids is 1. The van der Waals surface area contributed by atoms with Crippen LogP contribution in [0.1, 0.15) is 19.4 Å². The highest BCUT2D eigenvalue weighted by Crippen LogP contribution is 2.18. The van der Waals surface area contributed by atoms with Crippen LogP contribution in [0.5, 0.6) is 0 Å². The molecule has 0 spiro atoms. The van der Waals surface area contributed by atoms with Crippen molar-refractivity contribution in [3.05, 3.63) is 48.0 Å². The van der Waals surface area contributed by atoms with Crippen molar-refractivity contribution in [2.45, 2.75) is 25.8 Å². The van der Waals surface area contributed by atoms with E-state index < -0.39 is 17.4 Å². The van der Waals surface area contributed by atoms with Crippen molar-refractivity contribution >= 4 is 28.6 Å². The van der Waals surface area contributed by atoms with Crippen LogP contribution in [0.2, 0.25) is 0 Å². The Bertz CT molecular complexity index is 809. The van der Waals surface area contributed by atoms with Crippen molar-refractivity contribution < 1.29 is 19.5 Å². The van der Waals surface area contributed by atoms with Crippen molar-refractivity contribution in [1.82, 2.24) is 10.2 Å². The molecule has 2 N–H and O–H groups in total. The molecule has 2 amide bonds. The molecule has 0 fully saturated rings. The molecule has 0 aliphatic heterocycles. The number of nitrogens with one attached hydrogen (secondary N) is 1. The maximum Gasteiger partial charge on any atom is 0.329 e. The first kappa shape index (κ1) is 18.4. The van der Waals surface area contributed by atoms with Crippen molar-refractivity contribution in [2.75, 3.05) is 13.6 Å². The van der Waals surface area contributed by atoms with Gasteiger partial charge in [0.2, 0.25) is 11.8 Å². The largest absolute Gasteiger partial charge is 0.480 e. The zero-order chi connectivity index (χ0) is 18.6. The number of carboxylic acid groups (broad SMARTS) is 1. The molecule has 25 heavy (non-hydrogen) atoms. The molecular formula is C19H22N2O4. The number of rotatable bonds is 6. The first-order valence-corrected chi connectivity index (χ1v) is 7.97. The quantitative estimate of drug-likeness (QED) is 0.838. The number of carbonyl (C=O) groups excluding carboxylic acids is 2. The van der Waals surface area contributed by atoms with Crippen LogP contribution in [0.4, 0.5) is 0 Å². The van der Waals surface area contributed by atoms with Gasteiger partial charge in [-0.2, -0.15) is 0 Å². The van der Waals surface area contributed by atoms with E-state index in [2.05, 4.69) is 5.32 Å². The lowest BCUT2D eigenvalue weighted by molar-refractivity contribution is -0.155. The van der Waals surface area contributed by atoms with E-state index in [1.54, 1.807) is 0 Å². The average Bonchev–Trinajstić information content (AvgIpc) is 2.59. The Balaban J connectivity index is 1.99. The van der Waals surface area contributed by atoms with E-state index >= 15 is 0 Å². The van der Waals surface area contributed by atoms with Gasteiger partial charge in [-0.05, 0) is 30.2 Å². The molecule has 0 bridgehead atoms. The minimum Gasteiger partial charge on any atom is -0.480 e. The summed E-state index contributed by atoms with van der Waals surface area (Å²) in [4.78, 5) is 36.6. The van der Waals surface area contributed by atoms with E-state index in [9.17, 15) is 14.4 Å². The van der Waals surface area contributed by atoms with Gasteiger partial charge in [-0.15, -0.1) is 0 Å². The number of amides is 2. The molecule has 2 rings (SSSR count). The number of likely N-dealkylation sites (N-methyl/N-ethyl adjacent to an activating group) is 1.